The summed E-state index contributed by atoms with van der Waals surface area (Å²) in [6, 6.07) is 12.4. The summed E-state index contributed by atoms with van der Waals surface area (Å²) in [5.41, 5.74) is 8.42. The van der Waals surface area contributed by atoms with E-state index in [1.807, 2.05) is 12.1 Å². The first-order valence-corrected chi connectivity index (χ1v) is 6.34. The van der Waals surface area contributed by atoms with Gasteiger partial charge < -0.3 is 5.73 Å². The number of fused-ring (bicyclic) bond motifs is 1. The first-order chi connectivity index (χ1) is 9.65. The first kappa shape index (κ1) is 12.6. The fourth-order valence-electron chi connectivity index (χ4n) is 1.99. The lowest BCUT2D eigenvalue weighted by molar-refractivity contribution is 0.100. The smallest absolute Gasteiger partial charge is 0.250 e. The van der Waals surface area contributed by atoms with E-state index >= 15 is 0 Å². The minimum Gasteiger partial charge on any atom is -0.366 e. The Balaban J connectivity index is 2.21. The van der Waals surface area contributed by atoms with Crippen LogP contribution in [0, 0.1) is 0 Å². The van der Waals surface area contributed by atoms with Gasteiger partial charge in [-0.15, -0.1) is 0 Å². The average molecular weight is 284 g/mol. The molecule has 0 radical (unpaired) electrons. The molecule has 98 valence electrons. The highest BCUT2D eigenvalue weighted by molar-refractivity contribution is 6.30. The Bertz CT molecular complexity index is 800. The molecule has 2 aromatic carbocycles. The number of rotatable bonds is 2. The molecule has 0 saturated carbocycles. The highest BCUT2D eigenvalue weighted by Crippen LogP contribution is 2.22. The van der Waals surface area contributed by atoms with Crippen molar-refractivity contribution in [2.24, 2.45) is 5.73 Å². The van der Waals surface area contributed by atoms with Crippen LogP contribution in [0.4, 0.5) is 0 Å². The van der Waals surface area contributed by atoms with Crippen LogP contribution in [0.5, 0.6) is 0 Å². The van der Waals surface area contributed by atoms with Gasteiger partial charge in [-0.25, -0.2) is 4.98 Å². The molecule has 0 saturated heterocycles. The van der Waals surface area contributed by atoms with E-state index < -0.39 is 5.91 Å². The summed E-state index contributed by atoms with van der Waals surface area (Å²) in [5, 5.41) is 0.653. The third-order valence-corrected chi connectivity index (χ3v) is 3.23. The molecule has 0 aliphatic rings. The van der Waals surface area contributed by atoms with E-state index in [0.717, 1.165) is 5.56 Å². The van der Waals surface area contributed by atoms with Crippen LogP contribution < -0.4 is 5.73 Å². The van der Waals surface area contributed by atoms with Crippen LogP contribution in [0.3, 0.4) is 0 Å². The van der Waals surface area contributed by atoms with E-state index in [1.165, 1.54) is 0 Å². The Labute approximate surface area is 120 Å². The number of hydrogen-bond donors (Lipinski definition) is 1. The zero-order chi connectivity index (χ0) is 14.1. The molecule has 0 aliphatic carbocycles. The predicted octanol–water partition coefficient (Wildman–Crippen LogP) is 3.05. The van der Waals surface area contributed by atoms with Crippen molar-refractivity contribution in [2.45, 2.75) is 0 Å². The molecule has 20 heavy (non-hydrogen) atoms. The van der Waals surface area contributed by atoms with Crippen molar-refractivity contribution >= 4 is 28.5 Å². The Kier molecular flexibility index (Phi) is 3.08. The van der Waals surface area contributed by atoms with Crippen LogP contribution in [-0.4, -0.2) is 15.9 Å². The van der Waals surface area contributed by atoms with Crippen LogP contribution in [0.1, 0.15) is 10.4 Å². The summed E-state index contributed by atoms with van der Waals surface area (Å²) >= 11 is 5.86. The highest BCUT2D eigenvalue weighted by Gasteiger charge is 2.10. The largest absolute Gasteiger partial charge is 0.366 e. The minimum absolute atomic E-state index is 0.366. The van der Waals surface area contributed by atoms with Crippen LogP contribution >= 0.6 is 11.6 Å². The van der Waals surface area contributed by atoms with Gasteiger partial charge in [-0.3, -0.25) is 9.78 Å². The molecule has 0 aliphatic heterocycles. The standard InChI is InChI=1S/C15H10ClN3O/c16-10-6-4-9(5-7-10)13-8-18-12-3-1-2-11(15(17)20)14(12)19-13/h1-8H,(H2,17,20). The molecule has 0 unspecified atom stereocenters. The molecule has 1 amide bonds. The Morgan fingerprint density at radius 3 is 2.55 bits per heavy atom. The van der Waals surface area contributed by atoms with Gasteiger partial charge in [0.1, 0.15) is 5.52 Å². The van der Waals surface area contributed by atoms with Crippen LogP contribution in [0.25, 0.3) is 22.3 Å². The number of aromatic nitrogens is 2. The normalized spacial score (nSPS) is 10.7. The molecule has 0 spiro atoms. The van der Waals surface area contributed by atoms with Gasteiger partial charge >= 0.3 is 0 Å². The van der Waals surface area contributed by atoms with Gasteiger partial charge in [0.15, 0.2) is 0 Å². The maximum atomic E-state index is 11.4. The maximum Gasteiger partial charge on any atom is 0.250 e. The second-order valence-corrected chi connectivity index (χ2v) is 4.74. The van der Waals surface area contributed by atoms with Gasteiger partial charge in [-0.1, -0.05) is 29.8 Å². The maximum absolute atomic E-state index is 11.4. The number of hydrogen-bond acceptors (Lipinski definition) is 3. The molecule has 0 fully saturated rings. The Hall–Kier alpha value is -2.46. The number of primary amides is 1. The van der Waals surface area contributed by atoms with Gasteiger partial charge in [0, 0.05) is 10.6 Å². The van der Waals surface area contributed by atoms with Gasteiger partial charge in [0.05, 0.1) is 23.0 Å². The molecule has 3 aromatic rings. The number of nitrogens with zero attached hydrogens (tertiary/aromatic N) is 2. The summed E-state index contributed by atoms with van der Waals surface area (Å²) < 4.78 is 0. The zero-order valence-corrected chi connectivity index (χ0v) is 11.1. The molecular weight excluding hydrogens is 274 g/mol. The molecular formula is C15H10ClN3O. The molecule has 3 rings (SSSR count). The topological polar surface area (TPSA) is 68.9 Å². The monoisotopic (exact) mass is 283 g/mol. The number of benzene rings is 2. The fourth-order valence-corrected chi connectivity index (χ4v) is 2.12. The lowest BCUT2D eigenvalue weighted by atomic mass is 10.1. The lowest BCUT2D eigenvalue weighted by Crippen LogP contribution is -2.12. The molecule has 5 heteroatoms. The van der Waals surface area contributed by atoms with Crippen LogP contribution in [0.2, 0.25) is 5.02 Å². The molecule has 2 N–H and O–H groups in total. The molecule has 1 heterocycles. The predicted molar refractivity (Wildman–Crippen MR) is 78.5 cm³/mol. The second-order valence-electron chi connectivity index (χ2n) is 4.30. The van der Waals surface area contributed by atoms with E-state index in [4.69, 9.17) is 17.3 Å². The molecule has 1 aromatic heterocycles. The van der Waals surface area contributed by atoms with Crippen LogP contribution in [-0.2, 0) is 0 Å². The molecule has 4 nitrogen and oxygen atoms in total. The van der Waals surface area contributed by atoms with E-state index in [0.29, 0.717) is 27.3 Å². The number of para-hydroxylation sites is 1. The van der Waals surface area contributed by atoms with Crippen LogP contribution in [0.15, 0.2) is 48.7 Å². The number of carbonyl (C=O) groups excluding carboxylic acids is 1. The lowest BCUT2D eigenvalue weighted by Gasteiger charge is -2.05. The third-order valence-electron chi connectivity index (χ3n) is 2.98. The fraction of sp³-hybridized carbons (Fsp3) is 0. The summed E-state index contributed by atoms with van der Waals surface area (Å²) in [7, 11) is 0. The van der Waals surface area contributed by atoms with E-state index in [1.54, 1.807) is 36.5 Å². The minimum atomic E-state index is -0.516. The van der Waals surface area contributed by atoms with Crippen molar-refractivity contribution in [1.82, 2.24) is 9.97 Å². The number of nitrogens with two attached hydrogens (primary N) is 1. The van der Waals surface area contributed by atoms with Crippen molar-refractivity contribution in [1.29, 1.82) is 0 Å². The Morgan fingerprint density at radius 1 is 1.10 bits per heavy atom. The summed E-state index contributed by atoms with van der Waals surface area (Å²) in [6.45, 7) is 0. The zero-order valence-electron chi connectivity index (χ0n) is 10.4. The summed E-state index contributed by atoms with van der Waals surface area (Å²) in [6.07, 6.45) is 1.66. The van der Waals surface area contributed by atoms with Crippen molar-refractivity contribution < 1.29 is 4.79 Å². The molecule has 0 atom stereocenters. The van der Waals surface area contributed by atoms with Crippen molar-refractivity contribution in [3.05, 3.63) is 59.2 Å². The number of amides is 1. The first-order valence-electron chi connectivity index (χ1n) is 5.96. The van der Waals surface area contributed by atoms with E-state index in [-0.39, 0.29) is 0 Å². The van der Waals surface area contributed by atoms with E-state index in [2.05, 4.69) is 9.97 Å². The van der Waals surface area contributed by atoms with Crippen molar-refractivity contribution in [3.8, 4) is 11.3 Å². The SMILES string of the molecule is NC(=O)c1cccc2ncc(-c3ccc(Cl)cc3)nc12. The summed E-state index contributed by atoms with van der Waals surface area (Å²) in [4.78, 5) is 20.3. The van der Waals surface area contributed by atoms with Gasteiger partial charge in [-0.05, 0) is 24.3 Å². The number of halogens is 1. The third kappa shape index (κ3) is 2.21. The van der Waals surface area contributed by atoms with Crippen molar-refractivity contribution in [2.75, 3.05) is 0 Å². The average Bonchev–Trinajstić information content (AvgIpc) is 2.46. The Morgan fingerprint density at radius 2 is 1.85 bits per heavy atom. The number of carbonyl (C=O) groups is 1. The highest BCUT2D eigenvalue weighted by atomic mass is 35.5. The van der Waals surface area contributed by atoms with Gasteiger partial charge in [0.25, 0.3) is 5.91 Å². The second kappa shape index (κ2) is 4.90. The summed E-state index contributed by atoms with van der Waals surface area (Å²) in [5.74, 6) is -0.516. The van der Waals surface area contributed by atoms with Crippen molar-refractivity contribution in [3.63, 3.8) is 0 Å². The van der Waals surface area contributed by atoms with E-state index in [9.17, 15) is 4.79 Å². The molecule has 0 bridgehead atoms. The van der Waals surface area contributed by atoms with Gasteiger partial charge in [0.2, 0.25) is 0 Å². The quantitative estimate of drug-likeness (QED) is 0.786. The van der Waals surface area contributed by atoms with Gasteiger partial charge in [-0.2, -0.15) is 0 Å².